The number of rotatable bonds is 2. The maximum absolute atomic E-state index is 13.0. The number of nitrogens with one attached hydrogen (secondary N) is 1. The minimum absolute atomic E-state index is 0.0460. The largest absolute Gasteiger partial charge is 0.416 e. The number of anilines is 1. The summed E-state index contributed by atoms with van der Waals surface area (Å²) in [4.78, 5) is 16.1. The van der Waals surface area contributed by atoms with Crippen molar-refractivity contribution < 1.29 is 13.2 Å². The molecule has 0 bridgehead atoms. The third-order valence-corrected chi connectivity index (χ3v) is 3.24. The van der Waals surface area contributed by atoms with Gasteiger partial charge in [-0.3, -0.25) is 0 Å². The van der Waals surface area contributed by atoms with Crippen LogP contribution < -0.4 is 11.0 Å². The monoisotopic (exact) mass is 321 g/mol. The first kappa shape index (κ1) is 14.9. The summed E-state index contributed by atoms with van der Waals surface area (Å²) in [5, 5.41) is 10.5. The van der Waals surface area contributed by atoms with Crippen molar-refractivity contribution >= 4 is 16.7 Å². The maximum Gasteiger partial charge on any atom is 0.416 e. The summed E-state index contributed by atoms with van der Waals surface area (Å²) in [7, 11) is 1.53. The van der Waals surface area contributed by atoms with Crippen molar-refractivity contribution in [3.63, 3.8) is 0 Å². The zero-order valence-electron chi connectivity index (χ0n) is 11.8. The van der Waals surface area contributed by atoms with Gasteiger partial charge in [-0.25, -0.2) is 9.36 Å². The zero-order valence-corrected chi connectivity index (χ0v) is 11.8. The molecule has 0 amide bonds. The van der Waals surface area contributed by atoms with Gasteiger partial charge in [-0.2, -0.15) is 23.3 Å². The Morgan fingerprint density at radius 2 is 2.00 bits per heavy atom. The Kier molecular flexibility index (Phi) is 3.47. The number of benzene rings is 1. The van der Waals surface area contributed by atoms with Gasteiger partial charge in [0.05, 0.1) is 11.1 Å². The van der Waals surface area contributed by atoms with Gasteiger partial charge in [-0.15, -0.1) is 5.10 Å². The molecule has 0 aliphatic heterocycles. The molecule has 9 heteroatoms. The van der Waals surface area contributed by atoms with Crippen LogP contribution in [0.4, 0.5) is 19.0 Å². The zero-order chi connectivity index (χ0) is 16.6. The lowest BCUT2D eigenvalue weighted by atomic mass is 10.1. The second-order valence-corrected chi connectivity index (χ2v) is 4.64. The second kappa shape index (κ2) is 5.34. The predicted molar refractivity (Wildman–Crippen MR) is 77.5 cm³/mol. The smallest absolute Gasteiger partial charge is 0.372 e. The van der Waals surface area contributed by atoms with E-state index in [-0.39, 0.29) is 17.2 Å². The fraction of sp³-hybridized carbons (Fsp3) is 0.143. The topological polar surface area (TPSA) is 72.7 Å². The van der Waals surface area contributed by atoms with E-state index < -0.39 is 17.4 Å². The summed E-state index contributed by atoms with van der Waals surface area (Å²) in [6.07, 6.45) is -3.13. The normalized spacial score (nSPS) is 11.7. The fourth-order valence-electron chi connectivity index (χ4n) is 2.23. The van der Waals surface area contributed by atoms with E-state index in [4.69, 9.17) is 0 Å². The van der Waals surface area contributed by atoms with Crippen molar-refractivity contribution in [1.29, 1.82) is 0 Å². The van der Waals surface area contributed by atoms with Gasteiger partial charge in [0.25, 0.3) is 0 Å². The average molecular weight is 321 g/mol. The van der Waals surface area contributed by atoms with Crippen LogP contribution in [0, 0.1) is 0 Å². The summed E-state index contributed by atoms with van der Waals surface area (Å²) in [6.45, 7) is 0. The minimum atomic E-state index is -4.53. The molecule has 0 spiro atoms. The van der Waals surface area contributed by atoms with Crippen LogP contribution in [0.2, 0.25) is 0 Å². The highest BCUT2D eigenvalue weighted by Crippen LogP contribution is 2.32. The molecule has 2 heterocycles. The van der Waals surface area contributed by atoms with E-state index in [0.29, 0.717) is 5.39 Å². The van der Waals surface area contributed by atoms with E-state index in [0.717, 1.165) is 16.7 Å². The Labute approximate surface area is 127 Å². The van der Waals surface area contributed by atoms with E-state index in [1.54, 1.807) is 0 Å². The Morgan fingerprint density at radius 1 is 1.22 bits per heavy atom. The van der Waals surface area contributed by atoms with E-state index in [2.05, 4.69) is 20.5 Å². The van der Waals surface area contributed by atoms with Gasteiger partial charge in [0.2, 0.25) is 0 Å². The third kappa shape index (κ3) is 2.60. The van der Waals surface area contributed by atoms with Crippen molar-refractivity contribution in [3.05, 3.63) is 52.6 Å². The van der Waals surface area contributed by atoms with Crippen LogP contribution in [-0.4, -0.2) is 26.8 Å². The molecule has 1 N–H and O–H groups in total. The van der Waals surface area contributed by atoms with Crippen LogP contribution in [-0.2, 0) is 6.18 Å². The van der Waals surface area contributed by atoms with E-state index in [1.807, 2.05) is 0 Å². The first-order valence-electron chi connectivity index (χ1n) is 6.51. The summed E-state index contributed by atoms with van der Waals surface area (Å²) < 4.78 is 40.0. The lowest BCUT2D eigenvalue weighted by Gasteiger charge is -2.13. The van der Waals surface area contributed by atoms with Gasteiger partial charge < -0.3 is 5.32 Å². The summed E-state index contributed by atoms with van der Waals surface area (Å²) in [5.41, 5.74) is -1.57. The average Bonchev–Trinajstić information content (AvgIpc) is 2.53. The number of fused-ring (bicyclic) bond motifs is 1. The van der Waals surface area contributed by atoms with E-state index in [9.17, 15) is 18.0 Å². The molecule has 0 saturated carbocycles. The quantitative estimate of drug-likeness (QED) is 0.783. The molecule has 3 rings (SSSR count). The molecule has 118 valence electrons. The Balaban J connectivity index is 2.43. The Morgan fingerprint density at radius 3 is 2.61 bits per heavy atom. The minimum Gasteiger partial charge on any atom is -0.372 e. The van der Waals surface area contributed by atoms with Gasteiger partial charge in [0.15, 0.2) is 5.82 Å². The van der Waals surface area contributed by atoms with Crippen LogP contribution >= 0.6 is 0 Å². The third-order valence-electron chi connectivity index (χ3n) is 3.24. The molecule has 2 aromatic heterocycles. The van der Waals surface area contributed by atoms with Crippen LogP contribution in [0.25, 0.3) is 16.7 Å². The number of alkyl halides is 3. The van der Waals surface area contributed by atoms with Gasteiger partial charge in [0, 0.05) is 18.6 Å². The number of aromatic nitrogens is 4. The van der Waals surface area contributed by atoms with Gasteiger partial charge in [0.1, 0.15) is 5.82 Å². The second-order valence-electron chi connectivity index (χ2n) is 4.64. The Bertz CT molecular complexity index is 921. The lowest BCUT2D eigenvalue weighted by molar-refractivity contribution is -0.137. The number of hydrogen-bond donors (Lipinski definition) is 1. The molecule has 0 unspecified atom stereocenters. The number of nitrogens with zero attached hydrogens (tertiary/aromatic N) is 4. The summed E-state index contributed by atoms with van der Waals surface area (Å²) >= 11 is 0. The van der Waals surface area contributed by atoms with Crippen LogP contribution in [0.15, 0.2) is 41.3 Å². The predicted octanol–water partition coefficient (Wildman–Crippen LogP) is 2.24. The fourth-order valence-corrected chi connectivity index (χ4v) is 2.23. The molecular formula is C14H10F3N5O. The number of halogens is 3. The lowest BCUT2D eigenvalue weighted by Crippen LogP contribution is -2.24. The van der Waals surface area contributed by atoms with Gasteiger partial charge in [-0.1, -0.05) is 0 Å². The molecule has 0 saturated heterocycles. The molecular weight excluding hydrogens is 311 g/mol. The molecule has 0 radical (unpaired) electrons. The number of hydrogen-bond acceptors (Lipinski definition) is 5. The summed E-state index contributed by atoms with van der Waals surface area (Å²) in [6, 6.07) is 6.10. The van der Waals surface area contributed by atoms with Crippen molar-refractivity contribution in [2.75, 3.05) is 12.4 Å². The summed E-state index contributed by atoms with van der Waals surface area (Å²) in [5.74, 6) is 0.288. The van der Waals surface area contributed by atoms with Crippen LogP contribution in [0.5, 0.6) is 0 Å². The molecule has 0 aliphatic rings. The van der Waals surface area contributed by atoms with Crippen LogP contribution in [0.3, 0.4) is 0 Å². The highest BCUT2D eigenvalue weighted by atomic mass is 19.4. The van der Waals surface area contributed by atoms with Crippen molar-refractivity contribution in [1.82, 2.24) is 19.7 Å². The van der Waals surface area contributed by atoms with E-state index in [1.165, 1.54) is 31.4 Å². The molecule has 0 atom stereocenters. The van der Waals surface area contributed by atoms with Crippen LogP contribution in [0.1, 0.15) is 5.56 Å². The van der Waals surface area contributed by atoms with Crippen molar-refractivity contribution in [2.45, 2.75) is 6.18 Å². The molecule has 3 aromatic rings. The maximum atomic E-state index is 13.0. The molecule has 0 fully saturated rings. The van der Waals surface area contributed by atoms with Gasteiger partial charge in [-0.05, 0) is 30.3 Å². The first-order valence-corrected chi connectivity index (χ1v) is 6.51. The highest BCUT2D eigenvalue weighted by Gasteiger charge is 2.31. The molecule has 6 nitrogen and oxygen atoms in total. The molecule has 0 aliphatic carbocycles. The highest BCUT2D eigenvalue weighted by molar-refractivity contribution is 5.90. The van der Waals surface area contributed by atoms with E-state index >= 15 is 0 Å². The van der Waals surface area contributed by atoms with Gasteiger partial charge >= 0.3 is 11.9 Å². The van der Waals surface area contributed by atoms with Crippen molar-refractivity contribution in [2.24, 2.45) is 0 Å². The Hall–Kier alpha value is -2.97. The molecule has 1 aromatic carbocycles. The molecule has 23 heavy (non-hydrogen) atoms. The first-order chi connectivity index (χ1) is 10.9. The SMILES string of the molecule is CNc1nc(=O)n(-c2cccnn2)c2cc(C(F)(F)F)ccc12. The van der Waals surface area contributed by atoms with Crippen molar-refractivity contribution in [3.8, 4) is 5.82 Å². The standard InChI is InChI=1S/C14H10F3N5O/c1-18-12-9-5-4-8(14(15,16)17)7-10(9)22(13(23)20-12)11-3-2-6-19-21-11/h2-7H,1H3,(H,18,20,23).